The fourth-order valence-electron chi connectivity index (χ4n) is 6.29. The average molecular weight is 436 g/mol. The van der Waals surface area contributed by atoms with Gasteiger partial charge < -0.3 is 10.1 Å². The summed E-state index contributed by atoms with van der Waals surface area (Å²) in [6.45, 7) is 8.60. The van der Waals surface area contributed by atoms with Crippen molar-refractivity contribution in [3.05, 3.63) is 45.8 Å². The zero-order valence-corrected chi connectivity index (χ0v) is 19.9. The van der Waals surface area contributed by atoms with Crippen LogP contribution in [0.15, 0.2) is 24.3 Å². The third kappa shape index (κ3) is 3.39. The standard InChI is InChI=1S/C27H33NO2S/c1-15-11-16(2)13-19(12-15)24-20(9-10-29)21-14-22(31-26(21)28-24)27(3,4)25(30)23-17-5-6-18(23)8-7-17/h11-14,17-18,23,28-29H,5-10H2,1-4H3. The molecule has 2 N–H and O–H groups in total. The summed E-state index contributed by atoms with van der Waals surface area (Å²) in [6.07, 6.45) is 5.56. The van der Waals surface area contributed by atoms with Gasteiger partial charge in [-0.25, -0.2) is 0 Å². The predicted octanol–water partition coefficient (Wildman–Crippen LogP) is 6.33. The van der Waals surface area contributed by atoms with E-state index in [0.717, 1.165) is 21.0 Å². The van der Waals surface area contributed by atoms with Crippen molar-refractivity contribution in [2.45, 2.75) is 65.2 Å². The van der Waals surface area contributed by atoms with Gasteiger partial charge in [0.05, 0.1) is 11.1 Å². The summed E-state index contributed by atoms with van der Waals surface area (Å²) in [7, 11) is 0. The number of carbonyl (C=O) groups is 1. The molecule has 1 aromatic carbocycles. The average Bonchev–Trinajstić information content (AvgIpc) is 3.47. The molecule has 2 bridgehead atoms. The van der Waals surface area contributed by atoms with Crippen LogP contribution in [0.1, 0.15) is 61.1 Å². The van der Waals surface area contributed by atoms with E-state index in [1.807, 2.05) is 0 Å². The van der Waals surface area contributed by atoms with Crippen molar-refractivity contribution < 1.29 is 9.90 Å². The lowest BCUT2D eigenvalue weighted by molar-refractivity contribution is -0.128. The predicted molar refractivity (Wildman–Crippen MR) is 129 cm³/mol. The molecule has 3 aromatic rings. The Morgan fingerprint density at radius 1 is 1.06 bits per heavy atom. The van der Waals surface area contributed by atoms with Crippen molar-refractivity contribution in [1.82, 2.24) is 4.98 Å². The van der Waals surface area contributed by atoms with Gasteiger partial charge in [-0.05, 0) is 101 Å². The van der Waals surface area contributed by atoms with Crippen LogP contribution in [0.4, 0.5) is 0 Å². The Bertz CT molecular complexity index is 1110. The number of H-pyrrole nitrogens is 1. The maximum Gasteiger partial charge on any atom is 0.147 e. The van der Waals surface area contributed by atoms with Gasteiger partial charge in [0.25, 0.3) is 0 Å². The Hall–Kier alpha value is -1.91. The second-order valence-corrected chi connectivity index (χ2v) is 11.4. The fraction of sp³-hybridized carbons (Fsp3) is 0.519. The van der Waals surface area contributed by atoms with Crippen molar-refractivity contribution >= 4 is 27.3 Å². The lowest BCUT2D eigenvalue weighted by Gasteiger charge is -2.27. The molecule has 0 unspecified atom stereocenters. The minimum atomic E-state index is -0.461. The van der Waals surface area contributed by atoms with Gasteiger partial charge in [-0.1, -0.05) is 17.2 Å². The molecule has 2 aliphatic rings. The van der Waals surface area contributed by atoms with Gasteiger partial charge in [-0.2, -0.15) is 0 Å². The number of rotatable bonds is 6. The molecule has 5 rings (SSSR count). The van der Waals surface area contributed by atoms with Gasteiger partial charge in [0.1, 0.15) is 10.6 Å². The largest absolute Gasteiger partial charge is 0.396 e. The van der Waals surface area contributed by atoms with E-state index >= 15 is 0 Å². The number of hydrogen-bond acceptors (Lipinski definition) is 3. The summed E-state index contributed by atoms with van der Waals surface area (Å²) in [4.78, 5) is 19.6. The van der Waals surface area contributed by atoms with Crippen LogP contribution >= 0.6 is 11.3 Å². The summed E-state index contributed by atoms with van der Waals surface area (Å²) in [5, 5.41) is 10.9. The molecule has 4 heteroatoms. The Morgan fingerprint density at radius 2 is 1.68 bits per heavy atom. The molecular formula is C27H33NO2S. The molecule has 0 spiro atoms. The molecule has 3 nitrogen and oxygen atoms in total. The van der Waals surface area contributed by atoms with Crippen LogP contribution in [0.3, 0.4) is 0 Å². The Labute approximate surface area is 188 Å². The van der Waals surface area contributed by atoms with E-state index in [4.69, 9.17) is 0 Å². The molecule has 31 heavy (non-hydrogen) atoms. The van der Waals surface area contributed by atoms with Crippen molar-refractivity contribution in [1.29, 1.82) is 0 Å². The van der Waals surface area contributed by atoms with Crippen molar-refractivity contribution in [2.24, 2.45) is 17.8 Å². The first kappa shape index (κ1) is 21.0. The minimum Gasteiger partial charge on any atom is -0.396 e. The smallest absolute Gasteiger partial charge is 0.147 e. The first-order valence-corrected chi connectivity index (χ1v) is 12.5. The second kappa shape index (κ2) is 7.60. The monoisotopic (exact) mass is 435 g/mol. The van der Waals surface area contributed by atoms with Gasteiger partial charge in [0.2, 0.25) is 0 Å². The second-order valence-electron chi connectivity index (χ2n) is 10.4. The lowest BCUT2D eigenvalue weighted by Crippen LogP contribution is -2.36. The zero-order chi connectivity index (χ0) is 21.9. The van der Waals surface area contributed by atoms with Gasteiger partial charge in [-0.3, -0.25) is 4.79 Å². The highest BCUT2D eigenvalue weighted by atomic mass is 32.1. The number of thiophene rings is 1. The number of aliphatic hydroxyl groups is 1. The molecule has 0 amide bonds. The SMILES string of the molecule is Cc1cc(C)cc(-c2[nH]c3sc(C(C)(C)C(=O)C4C5CCC4CC5)cc3c2CCO)c1. The van der Waals surface area contributed by atoms with Gasteiger partial charge in [0.15, 0.2) is 0 Å². The van der Waals surface area contributed by atoms with Gasteiger partial charge in [0, 0.05) is 22.8 Å². The molecular weight excluding hydrogens is 402 g/mol. The Balaban J connectivity index is 1.55. The van der Waals surface area contributed by atoms with E-state index in [0.29, 0.717) is 24.0 Å². The number of aryl methyl sites for hydroxylation is 2. The number of Topliss-reactive ketones (excluding diaryl/α,β-unsaturated/α-hetero) is 1. The number of aromatic nitrogens is 1. The highest BCUT2D eigenvalue weighted by molar-refractivity contribution is 7.19. The molecule has 0 atom stereocenters. The van der Waals surface area contributed by atoms with Crippen LogP contribution in [-0.4, -0.2) is 22.5 Å². The highest BCUT2D eigenvalue weighted by Crippen LogP contribution is 2.52. The number of hydrogen-bond donors (Lipinski definition) is 2. The summed E-state index contributed by atoms with van der Waals surface area (Å²) >= 11 is 1.72. The molecule has 0 aliphatic heterocycles. The number of aliphatic hydroxyl groups excluding tert-OH is 1. The number of ketones is 1. The summed E-state index contributed by atoms with van der Waals surface area (Å²) in [6, 6.07) is 8.81. The van der Waals surface area contributed by atoms with Crippen molar-refractivity contribution in [3.63, 3.8) is 0 Å². The zero-order valence-electron chi connectivity index (χ0n) is 19.0. The molecule has 2 fully saturated rings. The minimum absolute atomic E-state index is 0.115. The fourth-order valence-corrected chi connectivity index (χ4v) is 7.49. The first-order valence-electron chi connectivity index (χ1n) is 11.7. The molecule has 2 aliphatic carbocycles. The topological polar surface area (TPSA) is 53.1 Å². The van der Waals surface area contributed by atoms with E-state index in [9.17, 15) is 9.90 Å². The lowest BCUT2D eigenvalue weighted by atomic mass is 9.76. The normalized spacial score (nSPS) is 23.2. The van der Waals surface area contributed by atoms with Crippen LogP contribution in [0.25, 0.3) is 21.5 Å². The molecule has 2 heterocycles. The maximum absolute atomic E-state index is 13.7. The van der Waals surface area contributed by atoms with Crippen LogP contribution in [0.2, 0.25) is 0 Å². The van der Waals surface area contributed by atoms with Crippen LogP contribution in [0, 0.1) is 31.6 Å². The number of aromatic amines is 1. The third-order valence-corrected chi connectivity index (χ3v) is 9.21. The molecule has 164 valence electrons. The molecule has 2 saturated carbocycles. The van der Waals surface area contributed by atoms with E-state index in [2.05, 4.69) is 56.9 Å². The van der Waals surface area contributed by atoms with Crippen LogP contribution in [0.5, 0.6) is 0 Å². The van der Waals surface area contributed by atoms with E-state index in [-0.39, 0.29) is 12.5 Å². The number of benzene rings is 1. The van der Waals surface area contributed by atoms with E-state index < -0.39 is 5.41 Å². The number of fused-ring (bicyclic) bond motifs is 3. The van der Waals surface area contributed by atoms with Crippen molar-refractivity contribution in [3.8, 4) is 11.3 Å². The van der Waals surface area contributed by atoms with E-state index in [1.165, 1.54) is 47.8 Å². The van der Waals surface area contributed by atoms with Gasteiger partial charge in [-0.15, -0.1) is 11.3 Å². The maximum atomic E-state index is 13.7. The number of nitrogens with one attached hydrogen (secondary N) is 1. The molecule has 2 aromatic heterocycles. The summed E-state index contributed by atoms with van der Waals surface area (Å²) < 4.78 is 0. The third-order valence-electron chi connectivity index (χ3n) is 7.84. The Morgan fingerprint density at radius 3 is 2.26 bits per heavy atom. The quantitative estimate of drug-likeness (QED) is 0.475. The summed E-state index contributed by atoms with van der Waals surface area (Å²) in [5.41, 5.74) is 5.45. The van der Waals surface area contributed by atoms with Gasteiger partial charge >= 0.3 is 0 Å². The Kier molecular flexibility index (Phi) is 5.14. The highest BCUT2D eigenvalue weighted by Gasteiger charge is 2.50. The summed E-state index contributed by atoms with van der Waals surface area (Å²) in [5.74, 6) is 1.93. The number of carbonyl (C=O) groups excluding carboxylic acids is 1. The molecule has 0 radical (unpaired) electrons. The van der Waals surface area contributed by atoms with Crippen molar-refractivity contribution in [2.75, 3.05) is 6.61 Å². The van der Waals surface area contributed by atoms with Crippen LogP contribution < -0.4 is 0 Å². The van der Waals surface area contributed by atoms with E-state index in [1.54, 1.807) is 11.3 Å². The first-order chi connectivity index (χ1) is 14.8. The molecule has 0 saturated heterocycles. The van der Waals surface area contributed by atoms with Crippen LogP contribution in [-0.2, 0) is 16.6 Å².